The van der Waals surface area contributed by atoms with Gasteiger partial charge in [-0.3, -0.25) is 4.68 Å². The van der Waals surface area contributed by atoms with Crippen LogP contribution in [0, 0.1) is 20.8 Å². The van der Waals surface area contributed by atoms with Crippen LogP contribution in [0.5, 0.6) is 5.75 Å². The van der Waals surface area contributed by atoms with Crippen LogP contribution in [0.3, 0.4) is 0 Å². The number of nitrogens with one attached hydrogen (secondary N) is 1. The number of aryl methyl sites for hydroxylation is 2. The summed E-state index contributed by atoms with van der Waals surface area (Å²) in [6.07, 6.45) is 0.0879. The van der Waals surface area contributed by atoms with Gasteiger partial charge in [0.05, 0.1) is 18.8 Å². The molecule has 2 rings (SSSR count). The van der Waals surface area contributed by atoms with Crippen LogP contribution in [0.15, 0.2) is 24.3 Å². The first-order chi connectivity index (χ1) is 11.0. The van der Waals surface area contributed by atoms with Crippen molar-refractivity contribution in [3.63, 3.8) is 0 Å². The van der Waals surface area contributed by atoms with Crippen molar-refractivity contribution < 1.29 is 9.84 Å². The maximum atomic E-state index is 9.06. The lowest BCUT2D eigenvalue weighted by Gasteiger charge is -2.16. The Labute approximate surface area is 138 Å². The van der Waals surface area contributed by atoms with E-state index in [0.717, 1.165) is 30.2 Å². The largest absolute Gasteiger partial charge is 0.489 e. The van der Waals surface area contributed by atoms with E-state index in [9.17, 15) is 0 Å². The number of aliphatic hydroxyl groups excluding tert-OH is 1. The fourth-order valence-corrected chi connectivity index (χ4v) is 2.67. The van der Waals surface area contributed by atoms with Crippen LogP contribution in [0.2, 0.25) is 0 Å². The summed E-state index contributed by atoms with van der Waals surface area (Å²) in [5.74, 6) is 0.905. The molecule has 0 aliphatic heterocycles. The molecule has 0 fully saturated rings. The highest BCUT2D eigenvalue weighted by Crippen LogP contribution is 2.15. The van der Waals surface area contributed by atoms with Gasteiger partial charge in [-0.25, -0.2) is 0 Å². The molecule has 0 radical (unpaired) electrons. The number of nitrogens with zero attached hydrogens (tertiary/aromatic N) is 2. The zero-order valence-corrected chi connectivity index (χ0v) is 14.5. The molecule has 0 spiro atoms. The molecule has 0 aliphatic rings. The van der Waals surface area contributed by atoms with Crippen molar-refractivity contribution in [3.05, 3.63) is 46.8 Å². The summed E-state index contributed by atoms with van der Waals surface area (Å²) in [4.78, 5) is 0. The van der Waals surface area contributed by atoms with E-state index in [4.69, 9.17) is 9.84 Å². The second-order valence-corrected chi connectivity index (χ2v) is 5.97. The third-order valence-corrected chi connectivity index (χ3v) is 3.90. The molecular formula is C18H27N3O2. The van der Waals surface area contributed by atoms with E-state index in [1.54, 1.807) is 0 Å². The Morgan fingerprint density at radius 1 is 1.30 bits per heavy atom. The number of hydrogen-bond donors (Lipinski definition) is 2. The van der Waals surface area contributed by atoms with E-state index in [-0.39, 0.29) is 12.7 Å². The highest BCUT2D eigenvalue weighted by molar-refractivity contribution is 5.27. The summed E-state index contributed by atoms with van der Waals surface area (Å²) >= 11 is 0. The molecule has 1 aromatic carbocycles. The minimum Gasteiger partial charge on any atom is -0.489 e. The van der Waals surface area contributed by atoms with Gasteiger partial charge in [-0.1, -0.05) is 12.1 Å². The fourth-order valence-electron chi connectivity index (χ4n) is 2.67. The second-order valence-electron chi connectivity index (χ2n) is 5.97. The van der Waals surface area contributed by atoms with Crippen molar-refractivity contribution in [1.82, 2.24) is 15.1 Å². The zero-order valence-electron chi connectivity index (χ0n) is 14.5. The Hall–Kier alpha value is -1.85. The highest BCUT2D eigenvalue weighted by atomic mass is 16.5. The smallest absolute Gasteiger partial charge is 0.120 e. The van der Waals surface area contributed by atoms with Gasteiger partial charge in [0.1, 0.15) is 11.9 Å². The lowest BCUT2D eigenvalue weighted by molar-refractivity contribution is 0.216. The third-order valence-electron chi connectivity index (χ3n) is 3.90. The zero-order chi connectivity index (χ0) is 16.8. The Morgan fingerprint density at radius 3 is 2.78 bits per heavy atom. The van der Waals surface area contributed by atoms with Crippen LogP contribution < -0.4 is 10.1 Å². The molecule has 2 N–H and O–H groups in total. The van der Waals surface area contributed by atoms with E-state index in [1.165, 1.54) is 11.1 Å². The summed E-state index contributed by atoms with van der Waals surface area (Å²) in [6.45, 7) is 10.3. The molecular weight excluding hydrogens is 290 g/mol. The molecule has 1 aromatic heterocycles. The number of hydrogen-bond acceptors (Lipinski definition) is 4. The number of aliphatic hydroxyl groups is 1. The van der Waals surface area contributed by atoms with Crippen LogP contribution in [-0.4, -0.2) is 34.1 Å². The predicted molar refractivity (Wildman–Crippen MR) is 91.8 cm³/mol. The minimum atomic E-state index is 0.0879. The molecule has 126 valence electrons. The summed E-state index contributed by atoms with van der Waals surface area (Å²) < 4.78 is 7.78. The molecule has 0 bridgehead atoms. The fraction of sp³-hybridized carbons (Fsp3) is 0.500. The quantitative estimate of drug-likeness (QED) is 0.785. The minimum absolute atomic E-state index is 0.0879. The summed E-state index contributed by atoms with van der Waals surface area (Å²) in [7, 11) is 0. The van der Waals surface area contributed by atoms with Crippen molar-refractivity contribution in [3.8, 4) is 5.75 Å². The molecule has 0 saturated heterocycles. The number of rotatable bonds is 8. The lowest BCUT2D eigenvalue weighted by Crippen LogP contribution is -2.29. The molecule has 1 unspecified atom stereocenters. The normalized spacial score (nSPS) is 12.4. The average Bonchev–Trinajstić information content (AvgIpc) is 2.75. The SMILES string of the molecule is Cc1cccc(OC(C)CNCc2c(C)nn(CCO)c2C)c1. The number of ether oxygens (including phenoxy) is 1. The Kier molecular flexibility index (Phi) is 6.19. The average molecular weight is 317 g/mol. The molecule has 5 nitrogen and oxygen atoms in total. The standard InChI is InChI=1S/C18H27N3O2/c1-13-6-5-7-17(10-13)23-14(2)11-19-12-18-15(3)20-21(8-9-22)16(18)4/h5-7,10,14,19,22H,8-9,11-12H2,1-4H3. The van der Waals surface area contributed by atoms with Gasteiger partial charge in [0.2, 0.25) is 0 Å². The summed E-state index contributed by atoms with van der Waals surface area (Å²) in [5, 5.41) is 17.0. The topological polar surface area (TPSA) is 59.3 Å². The van der Waals surface area contributed by atoms with Crippen LogP contribution in [0.25, 0.3) is 0 Å². The van der Waals surface area contributed by atoms with Crippen LogP contribution in [0.1, 0.15) is 29.4 Å². The van der Waals surface area contributed by atoms with Gasteiger partial charge < -0.3 is 15.2 Å². The van der Waals surface area contributed by atoms with Crippen molar-refractivity contribution in [1.29, 1.82) is 0 Å². The van der Waals surface area contributed by atoms with Crippen molar-refractivity contribution in [2.75, 3.05) is 13.2 Å². The molecule has 0 aliphatic carbocycles. The first kappa shape index (κ1) is 17.5. The van der Waals surface area contributed by atoms with E-state index < -0.39 is 0 Å². The third kappa shape index (κ3) is 4.81. The van der Waals surface area contributed by atoms with Gasteiger partial charge in [0, 0.05) is 24.3 Å². The molecule has 2 aromatic rings. The Morgan fingerprint density at radius 2 is 2.09 bits per heavy atom. The molecule has 1 heterocycles. The van der Waals surface area contributed by atoms with Gasteiger partial charge in [0.25, 0.3) is 0 Å². The van der Waals surface area contributed by atoms with Gasteiger partial charge in [0.15, 0.2) is 0 Å². The second kappa shape index (κ2) is 8.13. The summed E-state index contributed by atoms with van der Waals surface area (Å²) in [6, 6.07) is 8.10. The van der Waals surface area contributed by atoms with Crippen molar-refractivity contribution in [2.45, 2.75) is 46.9 Å². The van der Waals surface area contributed by atoms with E-state index in [0.29, 0.717) is 6.54 Å². The monoisotopic (exact) mass is 317 g/mol. The first-order valence-electron chi connectivity index (χ1n) is 8.09. The van der Waals surface area contributed by atoms with Crippen molar-refractivity contribution >= 4 is 0 Å². The molecule has 5 heteroatoms. The number of benzene rings is 1. The first-order valence-corrected chi connectivity index (χ1v) is 8.09. The highest BCUT2D eigenvalue weighted by Gasteiger charge is 2.11. The van der Waals surface area contributed by atoms with Crippen molar-refractivity contribution in [2.24, 2.45) is 0 Å². The van der Waals surface area contributed by atoms with E-state index >= 15 is 0 Å². The van der Waals surface area contributed by atoms with Crippen LogP contribution in [-0.2, 0) is 13.1 Å². The molecule has 0 saturated carbocycles. The lowest BCUT2D eigenvalue weighted by atomic mass is 10.2. The predicted octanol–water partition coefficient (Wildman–Crippen LogP) is 2.36. The Balaban J connectivity index is 1.85. The summed E-state index contributed by atoms with van der Waals surface area (Å²) in [5.41, 5.74) is 4.51. The van der Waals surface area contributed by atoms with Gasteiger partial charge in [-0.2, -0.15) is 5.10 Å². The van der Waals surface area contributed by atoms with Crippen LogP contribution >= 0.6 is 0 Å². The molecule has 1 atom stereocenters. The van der Waals surface area contributed by atoms with Gasteiger partial charge >= 0.3 is 0 Å². The van der Waals surface area contributed by atoms with Gasteiger partial charge in [-0.05, 0) is 45.4 Å². The van der Waals surface area contributed by atoms with Crippen LogP contribution in [0.4, 0.5) is 0 Å². The molecule has 23 heavy (non-hydrogen) atoms. The van der Waals surface area contributed by atoms with E-state index in [1.807, 2.05) is 36.7 Å². The Bertz CT molecular complexity index is 637. The maximum absolute atomic E-state index is 9.06. The maximum Gasteiger partial charge on any atom is 0.120 e. The molecule has 0 amide bonds. The van der Waals surface area contributed by atoms with E-state index in [2.05, 4.69) is 30.3 Å². The number of aromatic nitrogens is 2. The van der Waals surface area contributed by atoms with Gasteiger partial charge in [-0.15, -0.1) is 0 Å².